The van der Waals surface area contributed by atoms with Crippen LogP contribution in [-0.2, 0) is 0 Å². The number of methoxy groups -OCH3 is 1. The first-order valence-corrected chi connectivity index (χ1v) is 7.76. The molecule has 2 aromatic heterocycles. The molecule has 1 aliphatic heterocycles. The normalized spacial score (nSPS) is 15.1. The first-order valence-electron chi connectivity index (χ1n) is 7.76. The lowest BCUT2D eigenvalue weighted by atomic mass is 10.0. The standard InChI is InChI=1S/C16H19N5O3/c1-24-15-8-13(18-10-19-15)20-12-4-6-21(7-5-12)16(23)11-2-3-14(22)17-9-11/h2-3,8-10,12H,4-7H2,1H3,(H,17,22)(H,18,19,20). The van der Waals surface area contributed by atoms with Crippen LogP contribution in [0.4, 0.5) is 5.82 Å². The van der Waals surface area contributed by atoms with E-state index in [1.54, 1.807) is 24.1 Å². The number of amides is 1. The number of H-pyrrole nitrogens is 1. The average molecular weight is 329 g/mol. The molecule has 1 aliphatic rings. The number of ether oxygens (including phenoxy) is 1. The van der Waals surface area contributed by atoms with Crippen LogP contribution in [0.5, 0.6) is 5.88 Å². The van der Waals surface area contributed by atoms with Gasteiger partial charge in [0.05, 0.1) is 12.7 Å². The number of piperidine rings is 1. The molecule has 0 spiro atoms. The first kappa shape index (κ1) is 16.0. The van der Waals surface area contributed by atoms with Gasteiger partial charge in [-0.2, -0.15) is 0 Å². The van der Waals surface area contributed by atoms with E-state index in [0.29, 0.717) is 30.4 Å². The SMILES string of the molecule is COc1cc(NC2CCN(C(=O)c3ccc(=O)[nH]c3)CC2)ncn1. The maximum absolute atomic E-state index is 12.4. The van der Waals surface area contributed by atoms with Gasteiger partial charge in [0.1, 0.15) is 12.1 Å². The highest BCUT2D eigenvalue weighted by molar-refractivity contribution is 5.93. The van der Waals surface area contributed by atoms with Gasteiger partial charge in [0.2, 0.25) is 11.4 Å². The molecular formula is C16H19N5O3. The molecule has 24 heavy (non-hydrogen) atoms. The smallest absolute Gasteiger partial charge is 0.255 e. The fourth-order valence-corrected chi connectivity index (χ4v) is 2.69. The lowest BCUT2D eigenvalue weighted by Crippen LogP contribution is -2.42. The van der Waals surface area contributed by atoms with Crippen molar-refractivity contribution in [1.29, 1.82) is 0 Å². The Labute approximate surface area is 138 Å². The summed E-state index contributed by atoms with van der Waals surface area (Å²) < 4.78 is 5.08. The quantitative estimate of drug-likeness (QED) is 0.864. The van der Waals surface area contributed by atoms with Gasteiger partial charge in [-0.1, -0.05) is 0 Å². The fourth-order valence-electron chi connectivity index (χ4n) is 2.69. The van der Waals surface area contributed by atoms with Crippen molar-refractivity contribution in [2.24, 2.45) is 0 Å². The first-order chi connectivity index (χ1) is 11.7. The molecule has 2 N–H and O–H groups in total. The Morgan fingerprint density at radius 2 is 2.12 bits per heavy atom. The van der Waals surface area contributed by atoms with E-state index in [-0.39, 0.29) is 17.5 Å². The number of aromatic nitrogens is 3. The summed E-state index contributed by atoms with van der Waals surface area (Å²) in [5, 5.41) is 3.35. The van der Waals surface area contributed by atoms with E-state index < -0.39 is 0 Å². The van der Waals surface area contributed by atoms with Crippen molar-refractivity contribution in [3.05, 3.63) is 46.6 Å². The van der Waals surface area contributed by atoms with Crippen molar-refractivity contribution < 1.29 is 9.53 Å². The van der Waals surface area contributed by atoms with Gasteiger partial charge in [0.15, 0.2) is 0 Å². The number of nitrogens with one attached hydrogen (secondary N) is 2. The van der Waals surface area contributed by atoms with Crippen LogP contribution >= 0.6 is 0 Å². The van der Waals surface area contributed by atoms with Crippen LogP contribution in [0.2, 0.25) is 0 Å². The lowest BCUT2D eigenvalue weighted by molar-refractivity contribution is 0.0718. The largest absolute Gasteiger partial charge is 0.481 e. The van der Waals surface area contributed by atoms with E-state index >= 15 is 0 Å². The third-order valence-electron chi connectivity index (χ3n) is 4.02. The summed E-state index contributed by atoms with van der Waals surface area (Å²) in [7, 11) is 1.56. The number of pyridine rings is 1. The number of nitrogens with zero attached hydrogens (tertiary/aromatic N) is 3. The Bertz CT molecular complexity index is 748. The van der Waals surface area contributed by atoms with Crippen molar-refractivity contribution in [3.63, 3.8) is 0 Å². The molecule has 0 bridgehead atoms. The summed E-state index contributed by atoms with van der Waals surface area (Å²) in [6.45, 7) is 1.30. The minimum absolute atomic E-state index is 0.0617. The Kier molecular flexibility index (Phi) is 4.74. The number of anilines is 1. The summed E-state index contributed by atoms with van der Waals surface area (Å²) in [5.74, 6) is 1.17. The minimum Gasteiger partial charge on any atom is -0.481 e. The second-order valence-electron chi connectivity index (χ2n) is 5.60. The van der Waals surface area contributed by atoms with Crippen LogP contribution in [0.15, 0.2) is 35.5 Å². The van der Waals surface area contributed by atoms with E-state index in [4.69, 9.17) is 4.74 Å². The Morgan fingerprint density at radius 1 is 1.33 bits per heavy atom. The summed E-state index contributed by atoms with van der Waals surface area (Å²) in [6.07, 6.45) is 4.56. The molecule has 0 unspecified atom stereocenters. The van der Waals surface area contributed by atoms with Crippen LogP contribution in [0, 0.1) is 0 Å². The molecule has 3 heterocycles. The molecule has 0 aliphatic carbocycles. The number of carbonyl (C=O) groups is 1. The molecule has 1 saturated heterocycles. The predicted molar refractivity (Wildman–Crippen MR) is 88.2 cm³/mol. The van der Waals surface area contributed by atoms with Crippen molar-refractivity contribution in [3.8, 4) is 5.88 Å². The molecule has 0 atom stereocenters. The molecule has 0 radical (unpaired) electrons. The molecule has 8 heteroatoms. The summed E-state index contributed by atoms with van der Waals surface area (Å²) in [4.78, 5) is 36.0. The second-order valence-corrected chi connectivity index (χ2v) is 5.60. The van der Waals surface area contributed by atoms with E-state index in [9.17, 15) is 9.59 Å². The zero-order valence-corrected chi connectivity index (χ0v) is 13.4. The van der Waals surface area contributed by atoms with Crippen LogP contribution in [0.25, 0.3) is 0 Å². The molecule has 1 fully saturated rings. The van der Waals surface area contributed by atoms with Crippen molar-refractivity contribution in [2.75, 3.05) is 25.5 Å². The molecule has 1 amide bonds. The predicted octanol–water partition coefficient (Wildman–Crippen LogP) is 0.890. The number of rotatable bonds is 4. The van der Waals surface area contributed by atoms with Crippen molar-refractivity contribution in [2.45, 2.75) is 18.9 Å². The number of carbonyl (C=O) groups excluding carboxylic acids is 1. The zero-order chi connectivity index (χ0) is 16.9. The van der Waals surface area contributed by atoms with Gasteiger partial charge in [-0.05, 0) is 18.9 Å². The maximum atomic E-state index is 12.4. The van der Waals surface area contributed by atoms with Crippen LogP contribution in [-0.4, -0.2) is 52.0 Å². The highest BCUT2D eigenvalue weighted by Crippen LogP contribution is 2.18. The van der Waals surface area contributed by atoms with Gasteiger partial charge >= 0.3 is 0 Å². The number of aromatic amines is 1. The number of likely N-dealkylation sites (tertiary alicyclic amines) is 1. The second kappa shape index (κ2) is 7.12. The Morgan fingerprint density at radius 3 is 2.79 bits per heavy atom. The molecule has 8 nitrogen and oxygen atoms in total. The van der Waals surface area contributed by atoms with Gasteiger partial charge in [0.25, 0.3) is 5.91 Å². The molecular weight excluding hydrogens is 310 g/mol. The maximum Gasteiger partial charge on any atom is 0.255 e. The highest BCUT2D eigenvalue weighted by Gasteiger charge is 2.24. The fraction of sp³-hybridized carbons (Fsp3) is 0.375. The third kappa shape index (κ3) is 3.70. The van der Waals surface area contributed by atoms with Crippen molar-refractivity contribution in [1.82, 2.24) is 19.9 Å². The topological polar surface area (TPSA) is 100 Å². The van der Waals surface area contributed by atoms with E-state index in [0.717, 1.165) is 12.8 Å². The zero-order valence-electron chi connectivity index (χ0n) is 13.4. The van der Waals surface area contributed by atoms with Gasteiger partial charge in [-0.15, -0.1) is 0 Å². The average Bonchev–Trinajstić information content (AvgIpc) is 2.62. The van der Waals surface area contributed by atoms with E-state index in [1.807, 2.05) is 0 Å². The summed E-state index contributed by atoms with van der Waals surface area (Å²) in [6, 6.07) is 4.91. The molecule has 126 valence electrons. The lowest BCUT2D eigenvalue weighted by Gasteiger charge is -2.32. The van der Waals surface area contributed by atoms with Crippen molar-refractivity contribution >= 4 is 11.7 Å². The molecule has 2 aromatic rings. The van der Waals surface area contributed by atoms with E-state index in [2.05, 4.69) is 20.3 Å². The van der Waals surface area contributed by atoms with Gasteiger partial charge in [-0.3, -0.25) is 9.59 Å². The minimum atomic E-state index is -0.213. The van der Waals surface area contributed by atoms with Crippen LogP contribution in [0.3, 0.4) is 0 Å². The highest BCUT2D eigenvalue weighted by atomic mass is 16.5. The molecule has 0 saturated carbocycles. The number of hydrogen-bond donors (Lipinski definition) is 2. The molecule has 0 aromatic carbocycles. The third-order valence-corrected chi connectivity index (χ3v) is 4.02. The summed E-state index contributed by atoms with van der Waals surface area (Å²) in [5.41, 5.74) is 0.288. The van der Waals surface area contributed by atoms with Gasteiger partial charge in [-0.25, -0.2) is 9.97 Å². The van der Waals surface area contributed by atoms with Crippen LogP contribution in [0.1, 0.15) is 23.2 Å². The Balaban J connectivity index is 1.56. The Hall–Kier alpha value is -2.90. The van der Waals surface area contributed by atoms with Gasteiger partial charge in [0, 0.05) is 37.5 Å². The molecule has 3 rings (SSSR count). The van der Waals surface area contributed by atoms with Gasteiger partial charge < -0.3 is 19.9 Å². The monoisotopic (exact) mass is 329 g/mol. The number of hydrogen-bond acceptors (Lipinski definition) is 6. The van der Waals surface area contributed by atoms with E-state index in [1.165, 1.54) is 18.6 Å². The van der Waals surface area contributed by atoms with Crippen LogP contribution < -0.4 is 15.6 Å². The summed E-state index contributed by atoms with van der Waals surface area (Å²) >= 11 is 0.